The average molecular weight is 490 g/mol. The Balaban J connectivity index is 2.50. The molecule has 0 fully saturated rings. The Bertz CT molecular complexity index is 1000. The molecule has 1 heterocycles. The molecule has 0 saturated carbocycles. The van der Waals surface area contributed by atoms with E-state index in [4.69, 9.17) is 16.2 Å². The maximum Gasteiger partial charge on any atom is 0.270 e. The predicted molar refractivity (Wildman–Crippen MR) is 134 cm³/mol. The lowest BCUT2D eigenvalue weighted by atomic mass is 10.00. The summed E-state index contributed by atoms with van der Waals surface area (Å²) in [5.41, 5.74) is 11.9. The summed E-state index contributed by atoms with van der Waals surface area (Å²) in [4.78, 5) is 40.3. The van der Waals surface area contributed by atoms with E-state index in [9.17, 15) is 14.4 Å². The van der Waals surface area contributed by atoms with Crippen LogP contribution in [0.2, 0.25) is 0 Å². The second-order valence-corrected chi connectivity index (χ2v) is 9.78. The Morgan fingerprint density at radius 2 is 1.82 bits per heavy atom. The number of nitrogens with two attached hydrogens (primary N) is 2. The van der Waals surface area contributed by atoms with E-state index in [-0.39, 0.29) is 34.6 Å². The van der Waals surface area contributed by atoms with Gasteiger partial charge < -0.3 is 26.4 Å². The SMILES string of the molecule is COc1ccccc1CN(C(=O)c1snc(C(N)=O)c1N)[C@H](CC(C)C)C(=O)NCCC(C)C. The molecule has 10 heteroatoms. The number of nitrogens with zero attached hydrogens (tertiary/aromatic N) is 2. The van der Waals surface area contributed by atoms with E-state index in [1.165, 1.54) is 4.90 Å². The third-order valence-corrected chi connectivity index (χ3v) is 6.20. The maximum atomic E-state index is 13.8. The lowest BCUT2D eigenvalue weighted by molar-refractivity contribution is -0.126. The number of nitrogens with one attached hydrogen (secondary N) is 1. The lowest BCUT2D eigenvalue weighted by Gasteiger charge is -2.32. The summed E-state index contributed by atoms with van der Waals surface area (Å²) in [6.45, 7) is 8.77. The number of carbonyl (C=O) groups excluding carboxylic acids is 3. The zero-order valence-corrected chi connectivity index (χ0v) is 21.3. The number of benzene rings is 1. The van der Waals surface area contributed by atoms with Gasteiger partial charge in [0.2, 0.25) is 5.91 Å². The van der Waals surface area contributed by atoms with Crippen molar-refractivity contribution in [2.45, 2.75) is 53.1 Å². The minimum absolute atomic E-state index is 0.0731. The van der Waals surface area contributed by atoms with Gasteiger partial charge in [-0.15, -0.1) is 0 Å². The Morgan fingerprint density at radius 3 is 2.38 bits per heavy atom. The van der Waals surface area contributed by atoms with Crippen LogP contribution in [0, 0.1) is 11.8 Å². The van der Waals surface area contributed by atoms with Crippen LogP contribution in [0.25, 0.3) is 0 Å². The number of aromatic nitrogens is 1. The number of carbonyl (C=O) groups is 3. The molecule has 0 aliphatic heterocycles. The summed E-state index contributed by atoms with van der Waals surface area (Å²) in [7, 11) is 1.55. The normalized spacial score (nSPS) is 12.0. The monoisotopic (exact) mass is 489 g/mol. The van der Waals surface area contributed by atoms with E-state index in [1.807, 2.05) is 32.0 Å². The average Bonchev–Trinajstić information content (AvgIpc) is 3.17. The van der Waals surface area contributed by atoms with Gasteiger partial charge in [-0.3, -0.25) is 14.4 Å². The van der Waals surface area contributed by atoms with Crippen LogP contribution in [-0.4, -0.2) is 46.7 Å². The molecular formula is C24H35N5O4S. The van der Waals surface area contributed by atoms with Crippen molar-refractivity contribution in [1.82, 2.24) is 14.6 Å². The molecule has 0 spiro atoms. The van der Waals surface area contributed by atoms with Gasteiger partial charge in [-0.25, -0.2) is 0 Å². The Kier molecular flexibility index (Phi) is 9.85. The number of amides is 3. The van der Waals surface area contributed by atoms with Gasteiger partial charge in [0.1, 0.15) is 16.7 Å². The first-order valence-electron chi connectivity index (χ1n) is 11.3. The van der Waals surface area contributed by atoms with Gasteiger partial charge in [0.25, 0.3) is 11.8 Å². The van der Waals surface area contributed by atoms with Crippen LogP contribution in [0.5, 0.6) is 5.75 Å². The van der Waals surface area contributed by atoms with Gasteiger partial charge in [0.15, 0.2) is 5.69 Å². The van der Waals surface area contributed by atoms with Gasteiger partial charge in [0, 0.05) is 12.1 Å². The van der Waals surface area contributed by atoms with Gasteiger partial charge >= 0.3 is 0 Å². The smallest absolute Gasteiger partial charge is 0.270 e. The second-order valence-electron chi connectivity index (χ2n) is 9.00. The van der Waals surface area contributed by atoms with Crippen LogP contribution in [0.15, 0.2) is 24.3 Å². The fourth-order valence-electron chi connectivity index (χ4n) is 3.52. The van der Waals surface area contributed by atoms with E-state index in [2.05, 4.69) is 23.5 Å². The molecule has 1 atom stereocenters. The second kappa shape index (κ2) is 12.4. The summed E-state index contributed by atoms with van der Waals surface area (Å²) in [6, 6.07) is 6.55. The number of hydrogen-bond acceptors (Lipinski definition) is 7. The van der Waals surface area contributed by atoms with E-state index >= 15 is 0 Å². The molecule has 1 aromatic carbocycles. The molecule has 0 unspecified atom stereocenters. The Labute approximate surface area is 205 Å². The van der Waals surface area contributed by atoms with Crippen LogP contribution in [-0.2, 0) is 11.3 Å². The van der Waals surface area contributed by atoms with Gasteiger partial charge in [-0.1, -0.05) is 45.9 Å². The molecule has 186 valence electrons. The van der Waals surface area contributed by atoms with Crippen molar-refractivity contribution >= 4 is 34.9 Å². The third kappa shape index (κ3) is 6.93. The van der Waals surface area contributed by atoms with Crippen LogP contribution in [0.1, 0.15) is 66.3 Å². The van der Waals surface area contributed by atoms with Gasteiger partial charge in [-0.2, -0.15) is 4.37 Å². The number of primary amides is 1. The number of rotatable bonds is 12. The highest BCUT2D eigenvalue weighted by Gasteiger charge is 2.34. The predicted octanol–water partition coefficient (Wildman–Crippen LogP) is 3.05. The molecule has 0 aliphatic rings. The highest BCUT2D eigenvalue weighted by molar-refractivity contribution is 7.09. The minimum atomic E-state index is -0.811. The van der Waals surface area contributed by atoms with Gasteiger partial charge in [0.05, 0.1) is 19.3 Å². The van der Waals surface area contributed by atoms with Crippen LogP contribution < -0.4 is 21.5 Å². The third-order valence-electron chi connectivity index (χ3n) is 5.34. The molecule has 1 aromatic heterocycles. The summed E-state index contributed by atoms with van der Waals surface area (Å²) < 4.78 is 9.43. The van der Waals surface area contributed by atoms with Gasteiger partial charge in [-0.05, 0) is 42.3 Å². The Hall–Kier alpha value is -3.14. The summed E-state index contributed by atoms with van der Waals surface area (Å²) in [5, 5.41) is 2.98. The molecular weight excluding hydrogens is 454 g/mol. The van der Waals surface area contributed by atoms with E-state index < -0.39 is 17.9 Å². The number of anilines is 1. The van der Waals surface area contributed by atoms with Crippen molar-refractivity contribution in [2.75, 3.05) is 19.4 Å². The topological polar surface area (TPSA) is 141 Å². The largest absolute Gasteiger partial charge is 0.496 e. The first-order chi connectivity index (χ1) is 16.1. The quantitative estimate of drug-likeness (QED) is 0.418. The fourth-order valence-corrected chi connectivity index (χ4v) is 4.29. The number of para-hydroxylation sites is 1. The van der Waals surface area contributed by atoms with Crippen molar-refractivity contribution in [3.8, 4) is 5.75 Å². The highest BCUT2D eigenvalue weighted by atomic mass is 32.1. The van der Waals surface area contributed by atoms with Crippen molar-refractivity contribution in [3.05, 3.63) is 40.4 Å². The lowest BCUT2D eigenvalue weighted by Crippen LogP contribution is -2.50. The molecule has 3 amide bonds. The van der Waals surface area contributed by atoms with Crippen molar-refractivity contribution in [2.24, 2.45) is 17.6 Å². The standard InChI is InChI=1S/C24H35N5O4S/c1-14(2)10-11-27-23(31)17(12-15(3)4)29(13-16-8-6-7-9-18(16)33-5)24(32)21-19(25)20(22(26)30)28-34-21/h6-9,14-15,17H,10-13,25H2,1-5H3,(H2,26,30)(H,27,31)/t17-/m1/s1. The zero-order valence-electron chi connectivity index (χ0n) is 20.5. The molecule has 2 rings (SSSR count). The molecule has 5 N–H and O–H groups in total. The number of nitrogen functional groups attached to an aromatic ring is 1. The van der Waals surface area contributed by atoms with E-state index in [0.29, 0.717) is 24.6 Å². The molecule has 34 heavy (non-hydrogen) atoms. The molecule has 0 bridgehead atoms. The number of ether oxygens (including phenoxy) is 1. The molecule has 0 saturated heterocycles. The summed E-state index contributed by atoms with van der Waals surface area (Å²) >= 11 is 0.801. The maximum absolute atomic E-state index is 13.8. The molecule has 0 aliphatic carbocycles. The van der Waals surface area contributed by atoms with Crippen molar-refractivity contribution < 1.29 is 19.1 Å². The fraction of sp³-hybridized carbons (Fsp3) is 0.500. The molecule has 2 aromatic rings. The Morgan fingerprint density at radius 1 is 1.15 bits per heavy atom. The highest BCUT2D eigenvalue weighted by Crippen LogP contribution is 2.28. The van der Waals surface area contributed by atoms with E-state index in [1.54, 1.807) is 13.2 Å². The summed E-state index contributed by atoms with van der Waals surface area (Å²) in [5.74, 6) is -0.379. The summed E-state index contributed by atoms with van der Waals surface area (Å²) in [6.07, 6.45) is 1.26. The van der Waals surface area contributed by atoms with Crippen LogP contribution >= 0.6 is 11.5 Å². The van der Waals surface area contributed by atoms with Crippen LogP contribution in [0.3, 0.4) is 0 Å². The molecule has 9 nitrogen and oxygen atoms in total. The number of methoxy groups -OCH3 is 1. The zero-order chi connectivity index (χ0) is 25.4. The number of hydrogen-bond donors (Lipinski definition) is 3. The van der Waals surface area contributed by atoms with Crippen molar-refractivity contribution in [1.29, 1.82) is 0 Å². The van der Waals surface area contributed by atoms with E-state index in [0.717, 1.165) is 23.5 Å². The van der Waals surface area contributed by atoms with Crippen LogP contribution in [0.4, 0.5) is 5.69 Å². The first-order valence-corrected chi connectivity index (χ1v) is 12.1. The minimum Gasteiger partial charge on any atom is -0.496 e. The van der Waals surface area contributed by atoms with Crippen molar-refractivity contribution in [3.63, 3.8) is 0 Å². The molecule has 0 radical (unpaired) electrons. The first kappa shape index (κ1) is 27.1.